The van der Waals surface area contributed by atoms with Crippen molar-refractivity contribution in [3.63, 3.8) is 0 Å². The van der Waals surface area contributed by atoms with Crippen molar-refractivity contribution in [1.82, 2.24) is 0 Å². The van der Waals surface area contributed by atoms with Gasteiger partial charge in [0.25, 0.3) is 0 Å². The number of aliphatic carboxylic acids is 2. The van der Waals surface area contributed by atoms with Crippen molar-refractivity contribution in [2.75, 3.05) is 0 Å². The maximum Gasteiger partial charge on any atom is 1.00 e. The van der Waals surface area contributed by atoms with E-state index in [0.717, 1.165) is 32.4 Å². The molecule has 0 spiro atoms. The SMILES string of the molecule is O=C([O-])Cc1cc(-c2ccc(C(=O)[O-])s2)sc1-c1ccc(-c2sc(-c3ccc(C(=O)[O-])s3)cc2CC(=O)[O-])s1.[Na+].[Na+].[Na+].[Na+]. The molecule has 0 aromatic carbocycles. The minimum absolute atomic E-state index is 0. The molecule has 0 amide bonds. The molecule has 0 aliphatic heterocycles. The van der Waals surface area contributed by atoms with E-state index in [1.807, 2.05) is 12.1 Å². The summed E-state index contributed by atoms with van der Waals surface area (Å²) in [6, 6.07) is 13.2. The Morgan fingerprint density at radius 3 is 1.12 bits per heavy atom. The molecular weight excluding hydrogens is 693 g/mol. The van der Waals surface area contributed by atoms with Gasteiger partial charge in [0, 0.05) is 63.8 Å². The fraction of sp³-hybridized carbons (Fsp3) is 0.0769. The standard InChI is InChI=1S/C26H16O8S5.4Na/c27-21(28)9-11-7-19(13-1-5-17(35-13)25(31)32)38-23(11)15-3-4-16(37-15)24-12(10-22(29)30)8-20(39-24)14-2-6-18(36-14)26(33)34;;;;/h1-8H,9-10H2,(H,27,28)(H,29,30)(H,31,32)(H,33,34);;;;/q;4*+1/p-4. The number of carboxylic acids is 4. The first-order valence-corrected chi connectivity index (χ1v) is 15.1. The summed E-state index contributed by atoms with van der Waals surface area (Å²) in [6.45, 7) is 0. The summed E-state index contributed by atoms with van der Waals surface area (Å²) in [4.78, 5) is 51.0. The Balaban J connectivity index is 0.00000231. The number of carbonyl (C=O) groups is 4. The van der Waals surface area contributed by atoms with Gasteiger partial charge in [-0.3, -0.25) is 0 Å². The van der Waals surface area contributed by atoms with Crippen LogP contribution in [0.5, 0.6) is 0 Å². The van der Waals surface area contributed by atoms with Gasteiger partial charge in [-0.2, -0.15) is 0 Å². The molecule has 0 aliphatic rings. The van der Waals surface area contributed by atoms with Crippen LogP contribution in [-0.2, 0) is 22.4 Å². The maximum absolute atomic E-state index is 11.5. The molecule has 0 saturated heterocycles. The fourth-order valence-corrected chi connectivity index (χ4v) is 9.33. The molecule has 0 N–H and O–H groups in total. The minimum atomic E-state index is -1.29. The Morgan fingerprint density at radius 1 is 0.465 bits per heavy atom. The van der Waals surface area contributed by atoms with Crippen LogP contribution >= 0.6 is 56.7 Å². The van der Waals surface area contributed by atoms with Gasteiger partial charge in [-0.15, -0.1) is 56.7 Å². The van der Waals surface area contributed by atoms with Crippen molar-refractivity contribution < 1.29 is 158 Å². The zero-order valence-corrected chi connectivity index (χ0v) is 35.4. The molecular formula is C26H12Na4O8S5. The van der Waals surface area contributed by atoms with Crippen molar-refractivity contribution >= 4 is 80.6 Å². The van der Waals surface area contributed by atoms with E-state index < -0.39 is 23.9 Å². The second-order valence-electron chi connectivity index (χ2n) is 8.09. The summed E-state index contributed by atoms with van der Waals surface area (Å²) in [6.07, 6.45) is -0.675. The number of carboxylic acid groups (broad SMARTS) is 4. The predicted octanol–water partition coefficient (Wildman–Crippen LogP) is -10.0. The average Bonchev–Trinajstić information content (AvgIpc) is 3.67. The number of rotatable bonds is 10. The van der Waals surface area contributed by atoms with Gasteiger partial charge in [-0.05, 0) is 59.7 Å². The first-order chi connectivity index (χ1) is 18.6. The Kier molecular flexibility index (Phi) is 17.4. The zero-order chi connectivity index (χ0) is 27.8. The van der Waals surface area contributed by atoms with Crippen LogP contribution in [0.15, 0.2) is 48.5 Å². The molecule has 5 aromatic heterocycles. The third-order valence-electron chi connectivity index (χ3n) is 5.44. The molecule has 5 heterocycles. The summed E-state index contributed by atoms with van der Waals surface area (Å²) in [5.41, 5.74) is 1.03. The summed E-state index contributed by atoms with van der Waals surface area (Å²) in [7, 11) is 0. The minimum Gasteiger partial charge on any atom is -0.550 e. The van der Waals surface area contributed by atoms with Gasteiger partial charge in [-0.1, -0.05) is 0 Å². The molecule has 0 aliphatic carbocycles. The number of carbonyl (C=O) groups excluding carboxylic acids is 4. The molecule has 0 atom stereocenters. The van der Waals surface area contributed by atoms with Crippen LogP contribution in [0.4, 0.5) is 0 Å². The van der Waals surface area contributed by atoms with Gasteiger partial charge in [-0.25, -0.2) is 0 Å². The average molecular weight is 705 g/mol. The Hall–Kier alpha value is 0.380. The number of aromatic carboxylic acids is 2. The fourth-order valence-electron chi connectivity index (χ4n) is 3.83. The second kappa shape index (κ2) is 18.1. The van der Waals surface area contributed by atoms with E-state index in [-0.39, 0.29) is 141 Å². The maximum atomic E-state index is 11.5. The van der Waals surface area contributed by atoms with Gasteiger partial charge >= 0.3 is 118 Å². The Morgan fingerprint density at radius 2 is 0.814 bits per heavy atom. The smallest absolute Gasteiger partial charge is 0.550 e. The summed E-state index contributed by atoms with van der Waals surface area (Å²) < 4.78 is 0. The van der Waals surface area contributed by atoms with E-state index in [4.69, 9.17) is 0 Å². The van der Waals surface area contributed by atoms with Crippen molar-refractivity contribution in [3.8, 4) is 39.0 Å². The third kappa shape index (κ3) is 9.94. The van der Waals surface area contributed by atoms with Crippen molar-refractivity contribution in [1.29, 1.82) is 0 Å². The van der Waals surface area contributed by atoms with Crippen LogP contribution in [0.25, 0.3) is 39.0 Å². The van der Waals surface area contributed by atoms with Crippen molar-refractivity contribution in [2.24, 2.45) is 0 Å². The quantitative estimate of drug-likeness (QED) is 0.130. The van der Waals surface area contributed by atoms with Crippen LogP contribution in [0, 0.1) is 0 Å². The molecule has 17 heteroatoms. The Labute approximate surface area is 354 Å². The second-order valence-corrected chi connectivity index (χ2v) is 13.4. The number of hydrogen-bond donors (Lipinski definition) is 0. The molecule has 0 bridgehead atoms. The van der Waals surface area contributed by atoms with Crippen molar-refractivity contribution in [2.45, 2.75) is 12.8 Å². The van der Waals surface area contributed by atoms with Crippen LogP contribution < -0.4 is 139 Å². The van der Waals surface area contributed by atoms with Crippen LogP contribution in [-0.4, -0.2) is 23.9 Å². The van der Waals surface area contributed by atoms with Gasteiger partial charge in [0.05, 0.1) is 21.7 Å². The van der Waals surface area contributed by atoms with Gasteiger partial charge in [0.15, 0.2) is 0 Å². The van der Waals surface area contributed by atoms with E-state index in [9.17, 15) is 39.6 Å². The first kappa shape index (κ1) is 41.4. The normalized spacial score (nSPS) is 10.0. The van der Waals surface area contributed by atoms with Crippen molar-refractivity contribution in [3.05, 3.63) is 69.4 Å². The first-order valence-electron chi connectivity index (χ1n) is 11.0. The monoisotopic (exact) mass is 704 g/mol. The van der Waals surface area contributed by atoms with Crippen LogP contribution in [0.3, 0.4) is 0 Å². The van der Waals surface area contributed by atoms with E-state index >= 15 is 0 Å². The predicted molar refractivity (Wildman–Crippen MR) is 144 cm³/mol. The summed E-state index contributed by atoms with van der Waals surface area (Å²) in [5, 5.41) is 45.3. The molecule has 0 fully saturated rings. The molecule has 43 heavy (non-hydrogen) atoms. The zero-order valence-electron chi connectivity index (χ0n) is 23.3. The van der Waals surface area contributed by atoms with E-state index in [1.54, 1.807) is 24.3 Å². The van der Waals surface area contributed by atoms with E-state index in [1.165, 1.54) is 46.1 Å². The number of thiophene rings is 5. The third-order valence-corrected chi connectivity index (χ3v) is 11.8. The van der Waals surface area contributed by atoms with Crippen LogP contribution in [0.1, 0.15) is 30.5 Å². The van der Waals surface area contributed by atoms with Gasteiger partial charge in [0.1, 0.15) is 0 Å². The topological polar surface area (TPSA) is 161 Å². The molecule has 0 saturated carbocycles. The Bertz CT molecular complexity index is 1640. The van der Waals surface area contributed by atoms with Gasteiger partial charge < -0.3 is 39.6 Å². The molecule has 0 unspecified atom stereocenters. The molecule has 198 valence electrons. The van der Waals surface area contributed by atoms with Gasteiger partial charge in [0.2, 0.25) is 0 Å². The molecule has 5 rings (SSSR count). The summed E-state index contributed by atoms with van der Waals surface area (Å²) in [5.74, 6) is -5.10. The largest absolute Gasteiger partial charge is 1.00 e. The molecule has 0 radical (unpaired) electrons. The number of hydrogen-bond acceptors (Lipinski definition) is 13. The van der Waals surface area contributed by atoms with E-state index in [2.05, 4.69) is 0 Å². The van der Waals surface area contributed by atoms with Crippen LogP contribution in [0.2, 0.25) is 0 Å². The van der Waals surface area contributed by atoms with E-state index in [0.29, 0.717) is 40.4 Å². The molecule has 5 aromatic rings. The summed E-state index contributed by atoms with van der Waals surface area (Å²) >= 11 is 6.06. The molecule has 8 nitrogen and oxygen atoms in total.